The molecule has 1 aliphatic heterocycles. The van der Waals surface area contributed by atoms with Gasteiger partial charge in [0.05, 0.1) is 21.3 Å². The summed E-state index contributed by atoms with van der Waals surface area (Å²) in [6.45, 7) is 1.85. The summed E-state index contributed by atoms with van der Waals surface area (Å²) in [5, 5.41) is 9.12. The lowest BCUT2D eigenvalue weighted by atomic mass is 10.1. The highest BCUT2D eigenvalue weighted by Gasteiger charge is 2.24. The molecule has 0 bridgehead atoms. The Balaban J connectivity index is 1.56. The number of aryl methyl sites for hydroxylation is 1. The third kappa shape index (κ3) is 5.29. The predicted molar refractivity (Wildman–Crippen MR) is 130 cm³/mol. The van der Waals surface area contributed by atoms with Gasteiger partial charge in [0.15, 0.2) is 5.94 Å². The van der Waals surface area contributed by atoms with Crippen molar-refractivity contribution >= 4 is 58.1 Å². The molecule has 3 amide bonds. The van der Waals surface area contributed by atoms with Crippen LogP contribution in [0.3, 0.4) is 0 Å². The third-order valence-corrected chi connectivity index (χ3v) is 5.76. The second-order valence-corrected chi connectivity index (χ2v) is 8.52. The molecule has 0 unspecified atom stereocenters. The van der Waals surface area contributed by atoms with Gasteiger partial charge >= 0.3 is 6.03 Å². The minimum atomic E-state index is -0.410. The van der Waals surface area contributed by atoms with E-state index in [0.717, 1.165) is 18.4 Å². The molecule has 168 valence electrons. The zero-order valence-electron chi connectivity index (χ0n) is 17.6. The number of para-hydroxylation sites is 1. The molecule has 2 aliphatic rings. The van der Waals surface area contributed by atoms with Gasteiger partial charge in [0.25, 0.3) is 5.91 Å². The molecular formula is C24H20Cl2N4O3. The minimum Gasteiger partial charge on any atom is -0.335 e. The van der Waals surface area contributed by atoms with Crippen molar-refractivity contribution < 1.29 is 14.4 Å². The summed E-state index contributed by atoms with van der Waals surface area (Å²) in [5.74, 6) is 1.42. The molecule has 1 saturated carbocycles. The lowest BCUT2D eigenvalue weighted by Gasteiger charge is -2.25. The van der Waals surface area contributed by atoms with Crippen LogP contribution >= 0.6 is 23.2 Å². The number of urea groups is 1. The van der Waals surface area contributed by atoms with Crippen LogP contribution in [0.1, 0.15) is 18.4 Å². The SMILES string of the molecule is Cc1ccc(NC(=O)NC2CC2)cc1NC(=O)C1=CN(c2c(Cl)cccc2Cl)C(=C=O)C=C1. The van der Waals surface area contributed by atoms with Crippen molar-refractivity contribution in [1.29, 1.82) is 0 Å². The van der Waals surface area contributed by atoms with Gasteiger partial charge < -0.3 is 20.9 Å². The maximum Gasteiger partial charge on any atom is 0.319 e. The Morgan fingerprint density at radius 2 is 1.79 bits per heavy atom. The minimum absolute atomic E-state index is 0.158. The molecule has 33 heavy (non-hydrogen) atoms. The van der Waals surface area contributed by atoms with E-state index in [0.29, 0.717) is 27.1 Å². The van der Waals surface area contributed by atoms with Crippen LogP contribution in [0.4, 0.5) is 21.9 Å². The first-order chi connectivity index (χ1) is 15.9. The van der Waals surface area contributed by atoms with E-state index in [4.69, 9.17) is 23.2 Å². The van der Waals surface area contributed by atoms with E-state index < -0.39 is 5.91 Å². The maximum absolute atomic E-state index is 13.0. The van der Waals surface area contributed by atoms with Crippen molar-refractivity contribution in [2.75, 3.05) is 15.5 Å². The highest BCUT2D eigenvalue weighted by Crippen LogP contribution is 2.37. The molecule has 9 heteroatoms. The van der Waals surface area contributed by atoms with E-state index in [9.17, 15) is 14.4 Å². The number of halogens is 2. The van der Waals surface area contributed by atoms with E-state index in [-0.39, 0.29) is 23.3 Å². The number of hydrogen-bond acceptors (Lipinski definition) is 4. The summed E-state index contributed by atoms with van der Waals surface area (Å²) in [7, 11) is 0. The molecule has 0 saturated heterocycles. The molecule has 1 aliphatic carbocycles. The molecular weight excluding hydrogens is 463 g/mol. The number of hydrogen-bond donors (Lipinski definition) is 3. The number of carbonyl (C=O) groups is 2. The molecule has 4 rings (SSSR count). The average Bonchev–Trinajstić information content (AvgIpc) is 3.59. The molecule has 0 radical (unpaired) electrons. The Kier molecular flexibility index (Phi) is 6.56. The average molecular weight is 483 g/mol. The zero-order chi connectivity index (χ0) is 23.5. The van der Waals surface area contributed by atoms with Crippen LogP contribution in [-0.4, -0.2) is 23.9 Å². The molecule has 2 aromatic rings. The predicted octanol–water partition coefficient (Wildman–Crippen LogP) is 5.20. The van der Waals surface area contributed by atoms with Gasteiger partial charge in [-0.1, -0.05) is 35.3 Å². The standard InChI is InChI=1S/C24H20Cl2N4O3/c1-14-5-7-17(28-24(33)27-16-8-9-16)11-21(14)29-23(32)15-6-10-18(13-31)30(12-15)22-19(25)3-2-4-20(22)26/h2-7,10-12,16H,8-9H2,1H3,(H,29,32)(H2,27,28,33). The monoisotopic (exact) mass is 482 g/mol. The lowest BCUT2D eigenvalue weighted by Crippen LogP contribution is -2.30. The number of amides is 3. The van der Waals surface area contributed by atoms with E-state index in [1.165, 1.54) is 23.3 Å². The van der Waals surface area contributed by atoms with Crippen molar-refractivity contribution in [1.82, 2.24) is 5.32 Å². The molecule has 7 nitrogen and oxygen atoms in total. The van der Waals surface area contributed by atoms with Gasteiger partial charge in [-0.2, -0.15) is 0 Å². The number of allylic oxidation sites excluding steroid dienone is 1. The van der Waals surface area contributed by atoms with E-state index in [1.807, 2.05) is 12.9 Å². The van der Waals surface area contributed by atoms with Crippen molar-refractivity contribution in [3.63, 3.8) is 0 Å². The fourth-order valence-corrected chi connectivity index (χ4v) is 3.81. The summed E-state index contributed by atoms with van der Waals surface area (Å²) >= 11 is 12.6. The van der Waals surface area contributed by atoms with Crippen LogP contribution in [0.15, 0.2) is 66.0 Å². The highest BCUT2D eigenvalue weighted by atomic mass is 35.5. The van der Waals surface area contributed by atoms with Gasteiger partial charge in [-0.25, -0.2) is 9.59 Å². The van der Waals surface area contributed by atoms with E-state index in [2.05, 4.69) is 16.0 Å². The maximum atomic E-state index is 13.0. The quantitative estimate of drug-likeness (QED) is 0.510. The lowest BCUT2D eigenvalue weighted by molar-refractivity contribution is -0.112. The van der Waals surface area contributed by atoms with Gasteiger partial charge in [0, 0.05) is 23.6 Å². The van der Waals surface area contributed by atoms with Crippen LogP contribution in [0, 0.1) is 6.92 Å². The number of benzene rings is 2. The number of anilines is 3. The number of rotatable bonds is 5. The van der Waals surface area contributed by atoms with Gasteiger partial charge in [0.2, 0.25) is 0 Å². The van der Waals surface area contributed by atoms with Crippen LogP contribution in [0.2, 0.25) is 10.0 Å². The van der Waals surface area contributed by atoms with Crippen LogP contribution in [-0.2, 0) is 9.59 Å². The molecule has 0 spiro atoms. The summed E-state index contributed by atoms with van der Waals surface area (Å²) in [5.41, 5.74) is 2.71. The smallest absolute Gasteiger partial charge is 0.319 e. The van der Waals surface area contributed by atoms with Crippen molar-refractivity contribution in [2.24, 2.45) is 0 Å². The molecule has 1 fully saturated rings. The van der Waals surface area contributed by atoms with Gasteiger partial charge in [-0.15, -0.1) is 0 Å². The first-order valence-corrected chi connectivity index (χ1v) is 11.0. The normalized spacial score (nSPS) is 14.9. The van der Waals surface area contributed by atoms with Crippen molar-refractivity contribution in [2.45, 2.75) is 25.8 Å². The van der Waals surface area contributed by atoms with Crippen LogP contribution in [0.5, 0.6) is 0 Å². The summed E-state index contributed by atoms with van der Waals surface area (Å²) < 4.78 is 0. The molecule has 1 heterocycles. The van der Waals surface area contributed by atoms with Gasteiger partial charge in [-0.3, -0.25) is 4.79 Å². The third-order valence-electron chi connectivity index (χ3n) is 5.15. The fourth-order valence-electron chi connectivity index (χ4n) is 3.23. The van der Waals surface area contributed by atoms with Gasteiger partial charge in [0.1, 0.15) is 5.70 Å². The zero-order valence-corrected chi connectivity index (χ0v) is 19.1. The summed E-state index contributed by atoms with van der Waals surface area (Å²) in [4.78, 5) is 37.9. The Hall–Kier alpha value is -3.51. The van der Waals surface area contributed by atoms with Crippen LogP contribution in [0.25, 0.3) is 0 Å². The number of carbonyl (C=O) groups excluding carboxylic acids is 3. The molecule has 3 N–H and O–H groups in total. The Labute approximate surface area is 200 Å². The Morgan fingerprint density at radius 3 is 2.45 bits per heavy atom. The summed E-state index contributed by atoms with van der Waals surface area (Å²) in [6.07, 6.45) is 6.43. The van der Waals surface area contributed by atoms with Gasteiger partial charge in [-0.05, 0) is 61.7 Å². The first-order valence-electron chi connectivity index (χ1n) is 10.2. The molecule has 0 aromatic heterocycles. The largest absolute Gasteiger partial charge is 0.335 e. The molecule has 2 aromatic carbocycles. The second kappa shape index (κ2) is 9.55. The van der Waals surface area contributed by atoms with E-state index in [1.54, 1.807) is 36.4 Å². The van der Waals surface area contributed by atoms with Crippen molar-refractivity contribution in [3.05, 3.63) is 81.6 Å². The Bertz CT molecular complexity index is 1220. The van der Waals surface area contributed by atoms with Crippen LogP contribution < -0.4 is 20.9 Å². The number of nitrogens with zero attached hydrogens (tertiary/aromatic N) is 1. The highest BCUT2D eigenvalue weighted by molar-refractivity contribution is 6.39. The summed E-state index contributed by atoms with van der Waals surface area (Å²) in [6, 6.07) is 10.2. The number of nitrogens with one attached hydrogen (secondary N) is 3. The first kappa shape index (κ1) is 22.7. The second-order valence-electron chi connectivity index (χ2n) is 7.70. The van der Waals surface area contributed by atoms with Crippen molar-refractivity contribution in [3.8, 4) is 0 Å². The topological polar surface area (TPSA) is 90.5 Å². The molecule has 0 atom stereocenters. The fraction of sp³-hybridized carbons (Fsp3) is 0.167. The van der Waals surface area contributed by atoms with E-state index >= 15 is 0 Å². The Morgan fingerprint density at radius 1 is 1.06 bits per heavy atom.